The largest absolute Gasteiger partial charge is 0.484 e. The van der Waals surface area contributed by atoms with Crippen LogP contribution in [0.4, 0.5) is 0 Å². The van der Waals surface area contributed by atoms with Crippen LogP contribution in [0.5, 0.6) is 17.2 Å². The molecule has 1 aliphatic rings. The van der Waals surface area contributed by atoms with Gasteiger partial charge in [0.15, 0.2) is 18.1 Å². The van der Waals surface area contributed by atoms with Gasteiger partial charge in [0.25, 0.3) is 5.91 Å². The minimum absolute atomic E-state index is 0.0161. The van der Waals surface area contributed by atoms with E-state index in [-0.39, 0.29) is 37.7 Å². The summed E-state index contributed by atoms with van der Waals surface area (Å²) < 4.78 is 16.6. The van der Waals surface area contributed by atoms with Gasteiger partial charge in [0, 0.05) is 12.0 Å². The van der Waals surface area contributed by atoms with Crippen LogP contribution in [0.15, 0.2) is 66.7 Å². The summed E-state index contributed by atoms with van der Waals surface area (Å²) >= 11 is 0. The Labute approximate surface area is 204 Å². The zero-order chi connectivity index (χ0) is 24.8. The summed E-state index contributed by atoms with van der Waals surface area (Å²) in [6.07, 6.45) is 4.60. The number of rotatable bonds is 10. The highest BCUT2D eigenvalue weighted by Gasteiger charge is 2.22. The minimum atomic E-state index is -0.890. The Kier molecular flexibility index (Phi) is 7.55. The van der Waals surface area contributed by atoms with E-state index in [1.54, 1.807) is 0 Å². The Balaban J connectivity index is 1.55. The van der Waals surface area contributed by atoms with Gasteiger partial charge in [-0.1, -0.05) is 49.4 Å². The Morgan fingerprint density at radius 2 is 1.77 bits per heavy atom. The van der Waals surface area contributed by atoms with Crippen molar-refractivity contribution in [3.63, 3.8) is 0 Å². The van der Waals surface area contributed by atoms with Crippen LogP contribution >= 0.6 is 0 Å². The first-order valence-corrected chi connectivity index (χ1v) is 11.7. The highest BCUT2D eigenvalue weighted by Crippen LogP contribution is 2.38. The Hall–Kier alpha value is -4.00. The fourth-order valence-electron chi connectivity index (χ4n) is 4.20. The number of carbonyl (C=O) groups is 2. The van der Waals surface area contributed by atoms with Gasteiger partial charge in [-0.25, -0.2) is 0 Å². The fourth-order valence-corrected chi connectivity index (χ4v) is 4.20. The molecule has 2 atom stereocenters. The lowest BCUT2D eigenvalue weighted by Gasteiger charge is -2.18. The van der Waals surface area contributed by atoms with Gasteiger partial charge in [0.1, 0.15) is 5.75 Å². The molecule has 7 nitrogen and oxygen atoms in total. The van der Waals surface area contributed by atoms with Gasteiger partial charge in [0.05, 0.1) is 6.42 Å². The van der Waals surface area contributed by atoms with E-state index in [2.05, 4.69) is 5.32 Å². The molecule has 0 bridgehead atoms. The van der Waals surface area contributed by atoms with Crippen molar-refractivity contribution < 1.29 is 28.9 Å². The van der Waals surface area contributed by atoms with Crippen molar-refractivity contribution in [3.8, 4) is 17.2 Å². The lowest BCUT2D eigenvalue weighted by molar-refractivity contribution is -0.137. The van der Waals surface area contributed by atoms with Crippen LogP contribution in [0, 0.1) is 0 Å². The monoisotopic (exact) mass is 475 g/mol. The summed E-state index contributed by atoms with van der Waals surface area (Å²) in [5, 5.41) is 14.4. The molecule has 2 unspecified atom stereocenters. The van der Waals surface area contributed by atoms with Crippen molar-refractivity contribution in [1.82, 2.24) is 5.32 Å². The van der Waals surface area contributed by atoms with Crippen LogP contribution in [0.25, 0.3) is 10.8 Å². The van der Waals surface area contributed by atoms with E-state index in [1.165, 1.54) is 0 Å². The summed E-state index contributed by atoms with van der Waals surface area (Å²) in [4.78, 5) is 23.9. The first-order valence-electron chi connectivity index (χ1n) is 11.7. The zero-order valence-corrected chi connectivity index (χ0v) is 19.8. The van der Waals surface area contributed by atoms with Gasteiger partial charge in [-0.2, -0.15) is 0 Å². The van der Waals surface area contributed by atoms with Crippen molar-refractivity contribution in [2.45, 2.75) is 38.6 Å². The van der Waals surface area contributed by atoms with Gasteiger partial charge >= 0.3 is 5.97 Å². The van der Waals surface area contributed by atoms with Crippen molar-refractivity contribution in [3.05, 3.63) is 77.9 Å². The molecule has 182 valence electrons. The number of hydrogen-bond donors (Lipinski definition) is 2. The maximum Gasteiger partial charge on any atom is 0.304 e. The van der Waals surface area contributed by atoms with E-state index in [9.17, 15) is 14.7 Å². The summed E-state index contributed by atoms with van der Waals surface area (Å²) in [7, 11) is 0. The molecule has 1 amide bonds. The molecule has 0 aromatic heterocycles. The third-order valence-corrected chi connectivity index (χ3v) is 6.00. The maximum atomic E-state index is 12.3. The Bertz CT molecular complexity index is 1250. The van der Waals surface area contributed by atoms with E-state index < -0.39 is 5.97 Å². The number of allylic oxidation sites excluding steroid dienone is 1. The standard InChI is InChI=1S/C28H29NO6/c1-3-5-22(4-2)29-27(30)16-33-23-10-8-18-6-7-19(12-21(18)13-23)24(15-28(31)32)20-9-11-25-26(14-20)35-17-34-25/h3,5-14,22,24H,4,15-17H2,1-2H3,(H,29,30)(H,31,32)/b5-3-. The Morgan fingerprint density at radius 3 is 2.54 bits per heavy atom. The third-order valence-electron chi connectivity index (χ3n) is 6.00. The number of ether oxygens (including phenoxy) is 3. The highest BCUT2D eigenvalue weighted by molar-refractivity contribution is 5.85. The molecule has 3 aromatic carbocycles. The molecule has 0 saturated carbocycles. The van der Waals surface area contributed by atoms with E-state index in [4.69, 9.17) is 14.2 Å². The number of aliphatic carboxylic acids is 1. The van der Waals surface area contributed by atoms with E-state index in [1.807, 2.05) is 80.6 Å². The van der Waals surface area contributed by atoms with Crippen molar-refractivity contribution in [2.75, 3.05) is 13.4 Å². The molecule has 4 rings (SSSR count). The molecular formula is C28H29NO6. The molecule has 0 radical (unpaired) electrons. The topological polar surface area (TPSA) is 94.1 Å². The second kappa shape index (κ2) is 11.0. The normalized spacial score (nSPS) is 14.1. The molecule has 0 saturated heterocycles. The quantitative estimate of drug-likeness (QED) is 0.400. The highest BCUT2D eigenvalue weighted by atomic mass is 16.7. The van der Waals surface area contributed by atoms with Gasteiger partial charge in [-0.3, -0.25) is 9.59 Å². The molecule has 7 heteroatoms. The Morgan fingerprint density at radius 1 is 1.03 bits per heavy atom. The van der Waals surface area contributed by atoms with Crippen LogP contribution in [0.2, 0.25) is 0 Å². The summed E-state index contributed by atoms with van der Waals surface area (Å²) in [5.41, 5.74) is 1.71. The number of fused-ring (bicyclic) bond motifs is 2. The second-order valence-corrected chi connectivity index (χ2v) is 8.43. The number of benzene rings is 3. The minimum Gasteiger partial charge on any atom is -0.484 e. The van der Waals surface area contributed by atoms with E-state index in [0.717, 1.165) is 28.3 Å². The van der Waals surface area contributed by atoms with Crippen LogP contribution in [0.1, 0.15) is 43.7 Å². The van der Waals surface area contributed by atoms with Crippen molar-refractivity contribution >= 4 is 22.6 Å². The molecule has 3 aromatic rings. The zero-order valence-electron chi connectivity index (χ0n) is 19.8. The number of carboxylic acid groups (broad SMARTS) is 1. The second-order valence-electron chi connectivity index (χ2n) is 8.43. The number of amides is 1. The molecule has 2 N–H and O–H groups in total. The smallest absolute Gasteiger partial charge is 0.304 e. The number of hydrogen-bond acceptors (Lipinski definition) is 5. The van der Waals surface area contributed by atoms with Crippen LogP contribution in [-0.4, -0.2) is 36.4 Å². The van der Waals surface area contributed by atoms with Gasteiger partial charge < -0.3 is 24.6 Å². The number of nitrogens with one attached hydrogen (secondary N) is 1. The first-order chi connectivity index (χ1) is 17.0. The predicted molar refractivity (Wildman–Crippen MR) is 133 cm³/mol. The number of carbonyl (C=O) groups excluding carboxylic acids is 1. The first kappa shape index (κ1) is 24.1. The van der Waals surface area contributed by atoms with Crippen molar-refractivity contribution in [1.29, 1.82) is 0 Å². The summed E-state index contributed by atoms with van der Waals surface area (Å²) in [5.74, 6) is 0.406. The fraction of sp³-hybridized carbons (Fsp3) is 0.286. The number of carboxylic acids is 1. The van der Waals surface area contributed by atoms with Crippen LogP contribution < -0.4 is 19.5 Å². The summed E-state index contributed by atoms with van der Waals surface area (Å²) in [6, 6.07) is 17.0. The van der Waals surface area contributed by atoms with E-state index in [0.29, 0.717) is 17.2 Å². The van der Waals surface area contributed by atoms with E-state index >= 15 is 0 Å². The lowest BCUT2D eigenvalue weighted by Crippen LogP contribution is -2.36. The molecule has 1 heterocycles. The van der Waals surface area contributed by atoms with Gasteiger partial charge in [-0.15, -0.1) is 0 Å². The SMILES string of the molecule is C/C=C\C(CC)NC(=O)COc1ccc2ccc(C(CC(=O)O)c3ccc4c(c3)OCO4)cc2c1. The van der Waals surface area contributed by atoms with Crippen LogP contribution in [0.3, 0.4) is 0 Å². The predicted octanol–water partition coefficient (Wildman–Crippen LogP) is 5.02. The molecular weight excluding hydrogens is 446 g/mol. The maximum absolute atomic E-state index is 12.3. The van der Waals surface area contributed by atoms with Crippen molar-refractivity contribution in [2.24, 2.45) is 0 Å². The molecule has 1 aliphatic heterocycles. The average Bonchev–Trinajstić information content (AvgIpc) is 3.33. The van der Waals surface area contributed by atoms with Gasteiger partial charge in [0.2, 0.25) is 6.79 Å². The molecule has 0 spiro atoms. The van der Waals surface area contributed by atoms with Crippen LogP contribution in [-0.2, 0) is 9.59 Å². The molecule has 0 fully saturated rings. The van der Waals surface area contributed by atoms with Gasteiger partial charge in [-0.05, 0) is 59.5 Å². The third kappa shape index (κ3) is 5.93. The molecule has 35 heavy (non-hydrogen) atoms. The average molecular weight is 476 g/mol. The summed E-state index contributed by atoms with van der Waals surface area (Å²) in [6.45, 7) is 4.00. The lowest BCUT2D eigenvalue weighted by atomic mass is 9.87. The molecule has 0 aliphatic carbocycles.